The molecule has 0 saturated carbocycles. The zero-order valence-corrected chi connectivity index (χ0v) is 11.3. The minimum absolute atomic E-state index is 0.00877. The van der Waals surface area contributed by atoms with Crippen molar-refractivity contribution in [2.75, 3.05) is 0 Å². The molecule has 0 heterocycles. The van der Waals surface area contributed by atoms with E-state index in [0.29, 0.717) is 0 Å². The van der Waals surface area contributed by atoms with Crippen molar-refractivity contribution in [3.8, 4) is 5.75 Å². The lowest BCUT2D eigenvalue weighted by atomic mass is 10.1. The van der Waals surface area contributed by atoms with Gasteiger partial charge in [0.05, 0.1) is 4.47 Å². The average Bonchev–Trinajstić information content (AvgIpc) is 2.22. The van der Waals surface area contributed by atoms with E-state index >= 15 is 0 Å². The molecule has 1 aromatic carbocycles. The topological polar surface area (TPSA) is 35.2 Å². The fourth-order valence-corrected chi connectivity index (χ4v) is 1.93. The number of ether oxygens (including phenoxy) is 1. The molecule has 0 spiro atoms. The Morgan fingerprint density at radius 3 is 2.75 bits per heavy atom. The van der Waals surface area contributed by atoms with Crippen molar-refractivity contribution in [2.45, 2.75) is 32.4 Å². The summed E-state index contributed by atoms with van der Waals surface area (Å²) in [5, 5.41) is 0. The highest BCUT2D eigenvalue weighted by Gasteiger charge is 2.11. The normalized spacial score (nSPS) is 14.2. The quantitative estimate of drug-likeness (QED) is 0.842. The predicted molar refractivity (Wildman–Crippen MR) is 71.8 cm³/mol. The predicted octanol–water partition coefficient (Wildman–Crippen LogP) is 3.29. The van der Waals surface area contributed by atoms with Gasteiger partial charge >= 0.3 is 0 Å². The Balaban J connectivity index is 2.98. The summed E-state index contributed by atoms with van der Waals surface area (Å²) in [5.74, 6) is 0.868. The van der Waals surface area contributed by atoms with Crippen LogP contribution in [0.15, 0.2) is 35.3 Å². The summed E-state index contributed by atoms with van der Waals surface area (Å²) in [5.41, 5.74) is 6.94. The molecule has 0 radical (unpaired) electrons. The summed E-state index contributed by atoms with van der Waals surface area (Å²) in [6.45, 7) is 7.66. The molecule has 0 aromatic heterocycles. The van der Waals surface area contributed by atoms with E-state index < -0.39 is 0 Å². The van der Waals surface area contributed by atoms with E-state index in [2.05, 4.69) is 22.5 Å². The first-order valence-electron chi connectivity index (χ1n) is 5.36. The van der Waals surface area contributed by atoms with Gasteiger partial charge in [0.15, 0.2) is 0 Å². The van der Waals surface area contributed by atoms with Crippen LogP contribution in [0, 0.1) is 0 Å². The van der Waals surface area contributed by atoms with Crippen LogP contribution < -0.4 is 10.5 Å². The van der Waals surface area contributed by atoms with Crippen LogP contribution in [0.3, 0.4) is 0 Å². The van der Waals surface area contributed by atoms with Gasteiger partial charge in [0.1, 0.15) is 11.9 Å². The molecule has 0 saturated heterocycles. The molecule has 1 aromatic rings. The van der Waals surface area contributed by atoms with Gasteiger partial charge < -0.3 is 10.5 Å². The van der Waals surface area contributed by atoms with Crippen LogP contribution in [0.1, 0.15) is 19.4 Å². The van der Waals surface area contributed by atoms with E-state index in [0.717, 1.165) is 22.2 Å². The largest absolute Gasteiger partial charge is 0.485 e. The van der Waals surface area contributed by atoms with Crippen LogP contribution >= 0.6 is 15.9 Å². The lowest BCUT2D eigenvalue weighted by molar-refractivity contribution is 0.265. The second-order valence-electron chi connectivity index (χ2n) is 3.97. The van der Waals surface area contributed by atoms with Crippen molar-refractivity contribution in [2.24, 2.45) is 5.73 Å². The first-order chi connectivity index (χ1) is 7.54. The second kappa shape index (κ2) is 6.06. The van der Waals surface area contributed by atoms with Crippen molar-refractivity contribution >= 4 is 15.9 Å². The zero-order chi connectivity index (χ0) is 12.1. The summed E-state index contributed by atoms with van der Waals surface area (Å²) < 4.78 is 6.76. The van der Waals surface area contributed by atoms with Gasteiger partial charge in [0.2, 0.25) is 0 Å². The molecule has 0 fully saturated rings. The van der Waals surface area contributed by atoms with Crippen molar-refractivity contribution in [1.29, 1.82) is 0 Å². The summed E-state index contributed by atoms with van der Waals surface area (Å²) in [6.07, 6.45) is 2.57. The Morgan fingerprint density at radius 2 is 2.19 bits per heavy atom. The molecule has 2 atom stereocenters. The van der Waals surface area contributed by atoms with Crippen LogP contribution in [0.4, 0.5) is 0 Å². The van der Waals surface area contributed by atoms with Crippen molar-refractivity contribution in [3.05, 3.63) is 40.9 Å². The number of halogens is 1. The molecular formula is C13H18BrNO. The van der Waals surface area contributed by atoms with Crippen molar-refractivity contribution in [1.82, 2.24) is 0 Å². The first-order valence-corrected chi connectivity index (χ1v) is 6.16. The maximum atomic E-state index is 5.82. The molecule has 0 aliphatic heterocycles. The average molecular weight is 284 g/mol. The smallest absolute Gasteiger partial charge is 0.137 e. The van der Waals surface area contributed by atoms with Gasteiger partial charge in [-0.05, 0) is 47.8 Å². The third-order valence-corrected chi connectivity index (χ3v) is 2.85. The highest BCUT2D eigenvalue weighted by Crippen LogP contribution is 2.30. The number of hydrogen-bond donors (Lipinski definition) is 1. The molecule has 0 bridgehead atoms. The van der Waals surface area contributed by atoms with Crippen LogP contribution in [0.25, 0.3) is 0 Å². The SMILES string of the molecule is C=CC(C)Oc1c(Br)cccc1CC(C)N. The minimum Gasteiger partial charge on any atom is -0.485 e. The lowest BCUT2D eigenvalue weighted by Gasteiger charge is -2.17. The standard InChI is InChI=1S/C13H18BrNO/c1-4-10(3)16-13-11(8-9(2)15)6-5-7-12(13)14/h4-7,9-10H,1,8,15H2,2-3H3. The molecule has 1 rings (SSSR count). The van der Waals surface area contributed by atoms with Crippen LogP contribution in [0.2, 0.25) is 0 Å². The summed E-state index contributed by atoms with van der Waals surface area (Å²) in [7, 11) is 0. The number of hydrogen-bond acceptors (Lipinski definition) is 2. The fourth-order valence-electron chi connectivity index (χ4n) is 1.43. The van der Waals surface area contributed by atoms with Crippen LogP contribution in [-0.2, 0) is 6.42 Å². The second-order valence-corrected chi connectivity index (χ2v) is 4.82. The van der Waals surface area contributed by atoms with E-state index in [1.54, 1.807) is 6.08 Å². The van der Waals surface area contributed by atoms with E-state index in [1.165, 1.54) is 0 Å². The van der Waals surface area contributed by atoms with E-state index in [4.69, 9.17) is 10.5 Å². The minimum atomic E-state index is -0.00877. The molecule has 16 heavy (non-hydrogen) atoms. The Kier molecular flexibility index (Phi) is 5.03. The third-order valence-electron chi connectivity index (χ3n) is 2.23. The number of rotatable bonds is 5. The molecular weight excluding hydrogens is 266 g/mol. The van der Waals surface area contributed by atoms with Crippen molar-refractivity contribution < 1.29 is 4.74 Å². The Bertz CT molecular complexity index is 363. The van der Waals surface area contributed by atoms with Gasteiger partial charge in [0.25, 0.3) is 0 Å². The fraction of sp³-hybridized carbons (Fsp3) is 0.385. The Morgan fingerprint density at radius 1 is 1.50 bits per heavy atom. The van der Waals surface area contributed by atoms with Crippen LogP contribution in [-0.4, -0.2) is 12.1 Å². The molecule has 3 heteroatoms. The summed E-state index contributed by atoms with van der Waals surface area (Å²) in [6, 6.07) is 6.12. The highest BCUT2D eigenvalue weighted by atomic mass is 79.9. The maximum Gasteiger partial charge on any atom is 0.137 e. The molecule has 0 aliphatic rings. The molecule has 88 valence electrons. The van der Waals surface area contributed by atoms with Gasteiger partial charge in [-0.2, -0.15) is 0 Å². The van der Waals surface area contributed by atoms with Crippen LogP contribution in [0.5, 0.6) is 5.75 Å². The van der Waals surface area contributed by atoms with Crippen molar-refractivity contribution in [3.63, 3.8) is 0 Å². The number of para-hydroxylation sites is 1. The zero-order valence-electron chi connectivity index (χ0n) is 9.74. The lowest BCUT2D eigenvalue weighted by Crippen LogP contribution is -2.19. The van der Waals surface area contributed by atoms with E-state index in [9.17, 15) is 0 Å². The van der Waals surface area contributed by atoms with Gasteiger partial charge in [-0.15, -0.1) is 0 Å². The highest BCUT2D eigenvalue weighted by molar-refractivity contribution is 9.10. The molecule has 2 nitrogen and oxygen atoms in total. The van der Waals surface area contributed by atoms with E-state index in [1.807, 2.05) is 32.0 Å². The van der Waals surface area contributed by atoms with Gasteiger partial charge in [0, 0.05) is 6.04 Å². The molecule has 0 aliphatic carbocycles. The molecule has 2 unspecified atom stereocenters. The third kappa shape index (κ3) is 3.65. The monoisotopic (exact) mass is 283 g/mol. The summed E-state index contributed by atoms with van der Waals surface area (Å²) >= 11 is 3.49. The number of benzene rings is 1. The van der Waals surface area contributed by atoms with Gasteiger partial charge in [-0.1, -0.05) is 24.8 Å². The Labute approximate surface area is 106 Å². The van der Waals surface area contributed by atoms with Gasteiger partial charge in [-0.25, -0.2) is 0 Å². The maximum absolute atomic E-state index is 5.82. The first kappa shape index (κ1) is 13.3. The van der Waals surface area contributed by atoms with E-state index in [-0.39, 0.29) is 12.1 Å². The summed E-state index contributed by atoms with van der Waals surface area (Å²) in [4.78, 5) is 0. The van der Waals surface area contributed by atoms with Gasteiger partial charge in [-0.3, -0.25) is 0 Å². The molecule has 2 N–H and O–H groups in total. The molecule has 0 amide bonds. The number of nitrogens with two attached hydrogens (primary N) is 1. The Hall–Kier alpha value is -0.800.